The molecule has 0 saturated heterocycles. The molecular weight excluding hydrogens is 274 g/mol. The van der Waals surface area contributed by atoms with Crippen LogP contribution >= 0.6 is 12.4 Å². The normalized spacial score (nSPS) is 4.50. The Morgan fingerprint density at radius 2 is 1.75 bits per heavy atom. The Kier molecular flexibility index (Phi) is 19.9. The predicted octanol–water partition coefficient (Wildman–Crippen LogP) is -1.15. The van der Waals surface area contributed by atoms with E-state index in [1.165, 1.54) is 0 Å². The molecule has 0 spiro atoms. The van der Waals surface area contributed by atoms with Crippen molar-refractivity contribution in [2.75, 3.05) is 0 Å². The van der Waals surface area contributed by atoms with Gasteiger partial charge in [0.1, 0.15) is 0 Å². The zero-order valence-electron chi connectivity index (χ0n) is 1.97. The van der Waals surface area contributed by atoms with Gasteiger partial charge in [-0.3, -0.25) is 0 Å². The second-order valence-corrected chi connectivity index (χ2v) is 1.19. The number of halogens is 1. The molecule has 0 aliphatic carbocycles. The number of nitrogens with two attached hydrogens (primary N) is 1. The zero-order chi connectivity index (χ0) is 2.71. The van der Waals surface area contributed by atoms with Gasteiger partial charge in [-0.25, -0.2) is 0 Å². The molecule has 0 unspecified atom stereocenters. The van der Waals surface area contributed by atoms with E-state index in [4.69, 9.17) is 0 Å². The van der Waals surface area contributed by atoms with Crippen molar-refractivity contribution < 1.29 is 2.91 Å². The molecule has 0 radical (unpaired) electrons. The predicted molar refractivity (Wildman–Crippen MR) is 21.1 cm³/mol. The van der Waals surface area contributed by atoms with Crippen molar-refractivity contribution >= 4 is 37.6 Å². The summed E-state index contributed by atoms with van der Waals surface area (Å²) < 4.78 is 3.92. The van der Waals surface area contributed by atoms with Gasteiger partial charge in [0.05, 0.1) is 0 Å². The maximum absolute atomic E-state index is 4.42. The van der Waals surface area contributed by atoms with Crippen molar-refractivity contribution in [3.63, 3.8) is 0 Å². The van der Waals surface area contributed by atoms with Gasteiger partial charge in [0, 0.05) is 0 Å². The van der Waals surface area contributed by atoms with Gasteiger partial charge >= 0.3 is 34.0 Å². The molecule has 0 atom stereocenters. The third-order valence-electron chi connectivity index (χ3n) is 0. The maximum atomic E-state index is 4.42. The van der Waals surface area contributed by atoms with Crippen LogP contribution in [-0.2, 0) is 2.91 Å². The minimum atomic E-state index is 0. The summed E-state index contributed by atoms with van der Waals surface area (Å²) >= 11 is 0.495. The SMILES string of the molecule is Cl.N[O][BiH2]. The average Bonchev–Trinajstić information content (AvgIpc) is 0.918. The summed E-state index contributed by atoms with van der Waals surface area (Å²) in [6.07, 6.45) is 0. The first-order valence-corrected chi connectivity index (χ1v) is 2.30. The number of hydrogen-bond acceptors (Lipinski definition) is 2. The van der Waals surface area contributed by atoms with Crippen molar-refractivity contribution in [1.82, 2.24) is 0 Å². The van der Waals surface area contributed by atoms with Crippen molar-refractivity contribution in [3.8, 4) is 0 Å². The molecular formula is H5BiClNO. The second kappa shape index (κ2) is 8.94. The van der Waals surface area contributed by atoms with Gasteiger partial charge in [-0.1, -0.05) is 0 Å². The first-order chi connectivity index (χ1) is 1.41. The Balaban J connectivity index is 0. The molecule has 0 aliphatic rings. The van der Waals surface area contributed by atoms with Crippen molar-refractivity contribution in [1.29, 1.82) is 0 Å². The number of rotatable bonds is 0. The topological polar surface area (TPSA) is 35.2 Å². The van der Waals surface area contributed by atoms with Crippen LogP contribution < -0.4 is 5.90 Å². The molecule has 4 heavy (non-hydrogen) atoms. The van der Waals surface area contributed by atoms with Gasteiger partial charge in [-0.15, -0.1) is 12.4 Å². The Morgan fingerprint density at radius 1 is 1.75 bits per heavy atom. The van der Waals surface area contributed by atoms with Gasteiger partial charge in [-0.05, 0) is 0 Å². The molecule has 0 aromatic rings. The van der Waals surface area contributed by atoms with Crippen molar-refractivity contribution in [2.24, 2.45) is 5.90 Å². The monoisotopic (exact) mass is 279 g/mol. The van der Waals surface area contributed by atoms with Crippen LogP contribution in [0.15, 0.2) is 0 Å². The summed E-state index contributed by atoms with van der Waals surface area (Å²) in [5.41, 5.74) is 0. The van der Waals surface area contributed by atoms with Gasteiger partial charge in [0.15, 0.2) is 0 Å². The van der Waals surface area contributed by atoms with Gasteiger partial charge in [-0.2, -0.15) is 0 Å². The molecule has 0 rings (SSSR count). The molecule has 0 saturated carbocycles. The van der Waals surface area contributed by atoms with E-state index in [9.17, 15) is 0 Å². The fourth-order valence-corrected chi connectivity index (χ4v) is 0. The molecule has 28 valence electrons. The first-order valence-electron chi connectivity index (χ1n) is 0.471. The van der Waals surface area contributed by atoms with E-state index in [2.05, 4.69) is 8.81 Å². The van der Waals surface area contributed by atoms with Crippen LogP contribution in [0.4, 0.5) is 0 Å². The molecule has 0 aromatic carbocycles. The standard InChI is InChI=1S/Bi.ClH.H2NO.2H/c;;1-2;;/h;1H;1H2;;/q+1;;-1;;. The zero-order valence-corrected chi connectivity index (χ0v) is 7.28. The molecule has 0 aliphatic heterocycles. The molecule has 2 nitrogen and oxygen atoms in total. The van der Waals surface area contributed by atoms with Crippen LogP contribution in [0, 0.1) is 0 Å². The Labute approximate surface area is 46.5 Å². The van der Waals surface area contributed by atoms with E-state index in [1.54, 1.807) is 0 Å². The Bertz CT molecular complexity index is 8.00. The van der Waals surface area contributed by atoms with Crippen LogP contribution in [0.2, 0.25) is 0 Å². The van der Waals surface area contributed by atoms with Crippen LogP contribution in [0.5, 0.6) is 0 Å². The van der Waals surface area contributed by atoms with Gasteiger partial charge in [0.2, 0.25) is 0 Å². The summed E-state index contributed by atoms with van der Waals surface area (Å²) in [7, 11) is 0. The van der Waals surface area contributed by atoms with Crippen LogP contribution in [0.1, 0.15) is 0 Å². The van der Waals surface area contributed by atoms with Gasteiger partial charge < -0.3 is 0 Å². The second-order valence-electron chi connectivity index (χ2n) is 0.136. The third-order valence-corrected chi connectivity index (χ3v) is 0. The average molecular weight is 279 g/mol. The molecule has 0 heterocycles. The number of hydrogen-bond donors (Lipinski definition) is 1. The van der Waals surface area contributed by atoms with Crippen molar-refractivity contribution in [2.45, 2.75) is 0 Å². The fraction of sp³-hybridized carbons (Fsp3) is 0. The van der Waals surface area contributed by atoms with Crippen LogP contribution in [0.3, 0.4) is 0 Å². The fourth-order valence-electron chi connectivity index (χ4n) is 0. The van der Waals surface area contributed by atoms with Crippen LogP contribution in [0.25, 0.3) is 0 Å². The quantitative estimate of drug-likeness (QED) is 0.449. The summed E-state index contributed by atoms with van der Waals surface area (Å²) in [4.78, 5) is 0. The first kappa shape index (κ1) is 8.92. The van der Waals surface area contributed by atoms with E-state index in [0.717, 1.165) is 0 Å². The molecule has 0 aromatic heterocycles. The van der Waals surface area contributed by atoms with E-state index in [0.29, 0.717) is 25.2 Å². The molecule has 0 bridgehead atoms. The molecule has 4 heteroatoms. The summed E-state index contributed by atoms with van der Waals surface area (Å²) in [6.45, 7) is 0. The molecule has 0 fully saturated rings. The summed E-state index contributed by atoms with van der Waals surface area (Å²) in [5, 5.41) is 0. The molecule has 0 amide bonds. The van der Waals surface area contributed by atoms with E-state index in [-0.39, 0.29) is 12.4 Å². The van der Waals surface area contributed by atoms with Crippen molar-refractivity contribution in [3.05, 3.63) is 0 Å². The Morgan fingerprint density at radius 3 is 1.75 bits per heavy atom. The van der Waals surface area contributed by atoms with E-state index < -0.39 is 0 Å². The summed E-state index contributed by atoms with van der Waals surface area (Å²) in [6, 6.07) is 0. The van der Waals surface area contributed by atoms with E-state index in [1.807, 2.05) is 0 Å². The third kappa shape index (κ3) is 11.3. The molecule has 2 N–H and O–H groups in total. The van der Waals surface area contributed by atoms with Gasteiger partial charge in [0.25, 0.3) is 0 Å². The minimum absolute atomic E-state index is 0. The van der Waals surface area contributed by atoms with Crippen LogP contribution in [-0.4, -0.2) is 25.2 Å². The Hall–Kier alpha value is 1.09. The van der Waals surface area contributed by atoms with E-state index >= 15 is 0 Å². The summed E-state index contributed by atoms with van der Waals surface area (Å²) in [5.74, 6) is 4.42.